The van der Waals surface area contributed by atoms with Crippen LogP contribution in [0.15, 0.2) is 54.6 Å². The average Bonchev–Trinajstić information content (AvgIpc) is 3.25. The summed E-state index contributed by atoms with van der Waals surface area (Å²) in [4.78, 5) is 28.2. The zero-order valence-corrected chi connectivity index (χ0v) is 18.4. The van der Waals surface area contributed by atoms with Crippen molar-refractivity contribution in [2.24, 2.45) is 0 Å². The lowest BCUT2D eigenvalue weighted by Gasteiger charge is -2.28. The van der Waals surface area contributed by atoms with Crippen molar-refractivity contribution in [3.05, 3.63) is 65.4 Å². The van der Waals surface area contributed by atoms with E-state index in [1.807, 2.05) is 61.5 Å². The standard InChI is InChI=1S/C23H22N6O2S/c1-15-24-20(14-21(25-15)29-10-12-31-13-11-29)26-16-6-8-17(9-7-16)27-22(30)23-28-18-4-2-3-5-19(18)32-23/h2-9,14H,10-13H2,1H3,(H,27,30)(H,24,25,26). The maximum absolute atomic E-state index is 12.6. The molecule has 2 N–H and O–H groups in total. The summed E-state index contributed by atoms with van der Waals surface area (Å²) in [6.45, 7) is 4.93. The van der Waals surface area contributed by atoms with Gasteiger partial charge in [0.1, 0.15) is 17.5 Å². The fourth-order valence-corrected chi connectivity index (χ4v) is 4.37. The average molecular weight is 447 g/mol. The molecule has 5 rings (SSSR count). The van der Waals surface area contributed by atoms with Crippen LogP contribution >= 0.6 is 11.3 Å². The summed E-state index contributed by atoms with van der Waals surface area (Å²) in [6.07, 6.45) is 0. The fraction of sp³-hybridized carbons (Fsp3) is 0.217. The lowest BCUT2D eigenvalue weighted by Crippen LogP contribution is -2.36. The summed E-state index contributed by atoms with van der Waals surface area (Å²) in [5.74, 6) is 2.11. The first-order valence-corrected chi connectivity index (χ1v) is 11.2. The Labute approximate surface area is 189 Å². The number of fused-ring (bicyclic) bond motifs is 1. The van der Waals surface area contributed by atoms with Crippen molar-refractivity contribution in [2.45, 2.75) is 6.92 Å². The zero-order chi connectivity index (χ0) is 21.9. The van der Waals surface area contributed by atoms with Crippen LogP contribution in [-0.2, 0) is 4.74 Å². The van der Waals surface area contributed by atoms with Crippen LogP contribution in [0.3, 0.4) is 0 Å². The van der Waals surface area contributed by atoms with E-state index in [-0.39, 0.29) is 5.91 Å². The van der Waals surface area contributed by atoms with Crippen molar-refractivity contribution in [3.63, 3.8) is 0 Å². The second kappa shape index (κ2) is 8.89. The van der Waals surface area contributed by atoms with Crippen molar-refractivity contribution >= 4 is 50.5 Å². The van der Waals surface area contributed by atoms with Gasteiger partial charge in [-0.2, -0.15) is 0 Å². The topological polar surface area (TPSA) is 92.3 Å². The molecule has 1 aliphatic rings. The minimum atomic E-state index is -0.214. The van der Waals surface area contributed by atoms with Gasteiger partial charge in [-0.3, -0.25) is 4.79 Å². The third-order valence-corrected chi connectivity index (χ3v) is 6.10. The van der Waals surface area contributed by atoms with Crippen LogP contribution in [-0.4, -0.2) is 47.2 Å². The Kier molecular flexibility index (Phi) is 5.66. The molecule has 0 aliphatic carbocycles. The van der Waals surface area contributed by atoms with Crippen LogP contribution in [0.5, 0.6) is 0 Å². The van der Waals surface area contributed by atoms with E-state index in [9.17, 15) is 4.79 Å². The lowest BCUT2D eigenvalue weighted by molar-refractivity contribution is 0.102. The third kappa shape index (κ3) is 4.53. The molecule has 0 bridgehead atoms. The third-order valence-electron chi connectivity index (χ3n) is 5.06. The Morgan fingerprint density at radius 2 is 1.75 bits per heavy atom. The summed E-state index contributed by atoms with van der Waals surface area (Å²) < 4.78 is 6.42. The number of morpholine rings is 1. The Balaban J connectivity index is 1.26. The molecule has 1 amide bonds. The molecule has 0 unspecified atom stereocenters. The molecule has 2 aromatic carbocycles. The highest BCUT2D eigenvalue weighted by Crippen LogP contribution is 2.24. The van der Waals surface area contributed by atoms with E-state index in [1.54, 1.807) is 0 Å². The maximum atomic E-state index is 12.6. The van der Waals surface area contributed by atoms with Crippen LogP contribution < -0.4 is 15.5 Å². The molecule has 3 heterocycles. The number of nitrogens with zero attached hydrogens (tertiary/aromatic N) is 4. The van der Waals surface area contributed by atoms with Gasteiger partial charge in [-0.1, -0.05) is 12.1 Å². The van der Waals surface area contributed by atoms with Gasteiger partial charge in [0.2, 0.25) is 0 Å². The normalized spacial score (nSPS) is 13.8. The van der Waals surface area contributed by atoms with E-state index in [0.717, 1.165) is 40.6 Å². The van der Waals surface area contributed by atoms with Gasteiger partial charge in [-0.05, 0) is 43.3 Å². The number of benzene rings is 2. The number of nitrogens with one attached hydrogen (secondary N) is 2. The van der Waals surface area contributed by atoms with Gasteiger partial charge in [0.25, 0.3) is 5.91 Å². The number of carbonyl (C=O) groups excluding carboxylic acids is 1. The number of para-hydroxylation sites is 1. The number of hydrogen-bond donors (Lipinski definition) is 2. The minimum absolute atomic E-state index is 0.214. The van der Waals surface area contributed by atoms with Crippen LogP contribution in [0.25, 0.3) is 10.2 Å². The molecule has 0 atom stereocenters. The molecule has 0 radical (unpaired) electrons. The molecular weight excluding hydrogens is 424 g/mol. The molecule has 1 saturated heterocycles. The van der Waals surface area contributed by atoms with E-state index < -0.39 is 0 Å². The fourth-order valence-electron chi connectivity index (χ4n) is 3.51. The van der Waals surface area contributed by atoms with Crippen LogP contribution in [0.2, 0.25) is 0 Å². The molecule has 1 aliphatic heterocycles. The SMILES string of the molecule is Cc1nc(Nc2ccc(NC(=O)c3nc4ccccc4s3)cc2)cc(N2CCOCC2)n1. The Morgan fingerprint density at radius 1 is 1.00 bits per heavy atom. The van der Waals surface area contributed by atoms with Gasteiger partial charge in [0.15, 0.2) is 5.01 Å². The molecule has 1 fully saturated rings. The van der Waals surface area contributed by atoms with Crippen molar-refractivity contribution < 1.29 is 9.53 Å². The lowest BCUT2D eigenvalue weighted by atomic mass is 10.2. The molecule has 9 heteroatoms. The highest BCUT2D eigenvalue weighted by molar-refractivity contribution is 7.20. The number of aryl methyl sites for hydroxylation is 1. The number of aromatic nitrogens is 3. The summed E-state index contributed by atoms with van der Waals surface area (Å²) in [5.41, 5.74) is 2.40. The van der Waals surface area contributed by atoms with Gasteiger partial charge < -0.3 is 20.3 Å². The molecule has 32 heavy (non-hydrogen) atoms. The summed E-state index contributed by atoms with van der Waals surface area (Å²) in [6, 6.07) is 17.2. The predicted molar refractivity (Wildman–Crippen MR) is 127 cm³/mol. The first-order chi connectivity index (χ1) is 15.6. The van der Waals surface area contributed by atoms with E-state index >= 15 is 0 Å². The Bertz CT molecular complexity index is 1220. The molecule has 2 aromatic heterocycles. The summed E-state index contributed by atoms with van der Waals surface area (Å²) >= 11 is 1.38. The first-order valence-electron chi connectivity index (χ1n) is 10.4. The van der Waals surface area contributed by atoms with Crippen molar-refractivity contribution in [3.8, 4) is 0 Å². The highest BCUT2D eigenvalue weighted by atomic mass is 32.1. The van der Waals surface area contributed by atoms with Crippen molar-refractivity contribution in [1.82, 2.24) is 15.0 Å². The summed E-state index contributed by atoms with van der Waals surface area (Å²) in [5, 5.41) is 6.68. The quantitative estimate of drug-likeness (QED) is 0.474. The maximum Gasteiger partial charge on any atom is 0.284 e. The first kappa shape index (κ1) is 20.3. The number of rotatable bonds is 5. The second-order valence-electron chi connectivity index (χ2n) is 7.40. The van der Waals surface area contributed by atoms with Gasteiger partial charge >= 0.3 is 0 Å². The van der Waals surface area contributed by atoms with Crippen LogP contribution in [0.4, 0.5) is 23.0 Å². The number of ether oxygens (including phenoxy) is 1. The van der Waals surface area contributed by atoms with Gasteiger partial charge in [-0.15, -0.1) is 11.3 Å². The second-order valence-corrected chi connectivity index (χ2v) is 8.43. The highest BCUT2D eigenvalue weighted by Gasteiger charge is 2.15. The largest absolute Gasteiger partial charge is 0.378 e. The predicted octanol–water partition coefficient (Wildman–Crippen LogP) is 4.23. The number of thiazole rings is 1. The van der Waals surface area contributed by atoms with E-state index in [1.165, 1.54) is 11.3 Å². The van der Waals surface area contributed by atoms with Gasteiger partial charge in [0, 0.05) is 30.5 Å². The number of anilines is 4. The smallest absolute Gasteiger partial charge is 0.284 e. The number of carbonyl (C=O) groups is 1. The monoisotopic (exact) mass is 446 g/mol. The molecule has 162 valence electrons. The zero-order valence-electron chi connectivity index (χ0n) is 17.5. The van der Waals surface area contributed by atoms with Crippen LogP contribution in [0, 0.1) is 6.92 Å². The molecule has 4 aromatic rings. The summed E-state index contributed by atoms with van der Waals surface area (Å²) in [7, 11) is 0. The number of hydrogen-bond acceptors (Lipinski definition) is 8. The van der Waals surface area contributed by atoms with E-state index in [4.69, 9.17) is 4.74 Å². The van der Waals surface area contributed by atoms with Crippen LogP contribution in [0.1, 0.15) is 15.6 Å². The van der Waals surface area contributed by atoms with Crippen molar-refractivity contribution in [2.75, 3.05) is 41.8 Å². The molecule has 8 nitrogen and oxygen atoms in total. The molecule has 0 saturated carbocycles. The minimum Gasteiger partial charge on any atom is -0.378 e. The molecule has 0 spiro atoms. The van der Waals surface area contributed by atoms with Gasteiger partial charge in [-0.25, -0.2) is 15.0 Å². The Morgan fingerprint density at radius 3 is 2.53 bits per heavy atom. The molecular formula is C23H22N6O2S. The van der Waals surface area contributed by atoms with Gasteiger partial charge in [0.05, 0.1) is 23.4 Å². The van der Waals surface area contributed by atoms with Crippen molar-refractivity contribution in [1.29, 1.82) is 0 Å². The van der Waals surface area contributed by atoms with E-state index in [2.05, 4.69) is 30.5 Å². The number of amides is 1. The Hall–Kier alpha value is -3.56. The van der Waals surface area contributed by atoms with E-state index in [0.29, 0.717) is 29.7 Å².